The summed E-state index contributed by atoms with van der Waals surface area (Å²) in [6.45, 7) is 3.30. The summed E-state index contributed by atoms with van der Waals surface area (Å²) < 4.78 is 14.5. The highest BCUT2D eigenvalue weighted by atomic mass is 32.1. The number of piperazine rings is 1. The molecule has 0 unspecified atom stereocenters. The van der Waals surface area contributed by atoms with Crippen LogP contribution in [0.15, 0.2) is 65.5 Å². The van der Waals surface area contributed by atoms with Crippen molar-refractivity contribution in [2.24, 2.45) is 0 Å². The average Bonchev–Trinajstić information content (AvgIpc) is 3.25. The molecule has 0 bridgehead atoms. The van der Waals surface area contributed by atoms with Crippen LogP contribution in [0, 0.1) is 5.82 Å². The summed E-state index contributed by atoms with van der Waals surface area (Å²) in [6.07, 6.45) is 0.414. The molecule has 0 saturated carbocycles. The maximum absolute atomic E-state index is 13.2. The van der Waals surface area contributed by atoms with E-state index in [9.17, 15) is 14.0 Å². The molecule has 1 fully saturated rings. The minimum Gasteiger partial charge on any atom is -0.340 e. The van der Waals surface area contributed by atoms with Crippen LogP contribution in [0.4, 0.5) is 4.39 Å². The van der Waals surface area contributed by atoms with Crippen LogP contribution in [0.25, 0.3) is 15.5 Å². The molecule has 1 aliphatic rings. The number of aromatic nitrogens is 3. The van der Waals surface area contributed by atoms with Crippen molar-refractivity contribution in [2.75, 3.05) is 26.2 Å². The summed E-state index contributed by atoms with van der Waals surface area (Å²) in [7, 11) is 0. The van der Waals surface area contributed by atoms with Crippen LogP contribution < -0.4 is 5.56 Å². The lowest BCUT2D eigenvalue weighted by molar-refractivity contribution is -0.132. The molecular formula is C24H22FN5O2S. The summed E-state index contributed by atoms with van der Waals surface area (Å²) in [5, 5.41) is 4.96. The van der Waals surface area contributed by atoms with Gasteiger partial charge in [0.05, 0.1) is 12.1 Å². The molecule has 0 N–H and O–H groups in total. The minimum atomic E-state index is -0.320. The highest BCUT2D eigenvalue weighted by Gasteiger charge is 2.22. The molecule has 2 aromatic heterocycles. The number of amides is 1. The molecule has 2 aromatic carbocycles. The Balaban J connectivity index is 1.24. The van der Waals surface area contributed by atoms with Gasteiger partial charge >= 0.3 is 0 Å². The predicted octanol–water partition coefficient (Wildman–Crippen LogP) is 2.84. The molecule has 168 valence electrons. The standard InChI is InChI=1S/C24H22FN5O2S/c25-19-8-6-18(7-9-19)23-27-30-22(32)15-20(26-24(30)33-23)16-28-10-12-29(13-11-28)21(31)14-17-4-2-1-3-5-17/h1-9,15H,10-14,16H2. The van der Waals surface area contributed by atoms with Crippen LogP contribution in [0.5, 0.6) is 0 Å². The number of benzene rings is 2. The molecule has 1 amide bonds. The zero-order valence-electron chi connectivity index (χ0n) is 17.9. The van der Waals surface area contributed by atoms with Crippen molar-refractivity contribution >= 4 is 22.2 Å². The molecule has 0 radical (unpaired) electrons. The Hall–Kier alpha value is -3.43. The number of nitrogens with zero attached hydrogens (tertiary/aromatic N) is 5. The topological polar surface area (TPSA) is 70.8 Å². The number of hydrogen-bond donors (Lipinski definition) is 0. The van der Waals surface area contributed by atoms with E-state index in [-0.39, 0.29) is 17.3 Å². The van der Waals surface area contributed by atoms with E-state index < -0.39 is 0 Å². The molecule has 33 heavy (non-hydrogen) atoms. The van der Waals surface area contributed by atoms with E-state index in [1.807, 2.05) is 35.2 Å². The minimum absolute atomic E-state index is 0.136. The molecular weight excluding hydrogens is 441 g/mol. The third-order valence-corrected chi connectivity index (χ3v) is 6.66. The fourth-order valence-corrected chi connectivity index (χ4v) is 4.84. The lowest BCUT2D eigenvalue weighted by Gasteiger charge is -2.34. The van der Waals surface area contributed by atoms with E-state index in [1.165, 1.54) is 34.1 Å². The quantitative estimate of drug-likeness (QED) is 0.455. The fraction of sp³-hybridized carbons (Fsp3) is 0.250. The summed E-state index contributed by atoms with van der Waals surface area (Å²) in [5.41, 5.74) is 2.20. The normalized spacial score (nSPS) is 14.6. The van der Waals surface area contributed by atoms with Gasteiger partial charge in [-0.3, -0.25) is 14.5 Å². The van der Waals surface area contributed by atoms with Crippen LogP contribution in [0.3, 0.4) is 0 Å². The monoisotopic (exact) mass is 463 g/mol. The van der Waals surface area contributed by atoms with Crippen molar-refractivity contribution in [1.29, 1.82) is 0 Å². The first-order chi connectivity index (χ1) is 16.0. The van der Waals surface area contributed by atoms with Crippen molar-refractivity contribution in [3.8, 4) is 10.6 Å². The third-order valence-electron chi connectivity index (χ3n) is 5.70. The molecule has 3 heterocycles. The largest absolute Gasteiger partial charge is 0.340 e. The highest BCUT2D eigenvalue weighted by molar-refractivity contribution is 7.19. The van der Waals surface area contributed by atoms with Crippen molar-refractivity contribution in [3.63, 3.8) is 0 Å². The molecule has 1 saturated heterocycles. The van der Waals surface area contributed by atoms with Gasteiger partial charge in [-0.05, 0) is 29.8 Å². The molecule has 1 aliphatic heterocycles. The van der Waals surface area contributed by atoms with Crippen LogP contribution in [0.1, 0.15) is 11.3 Å². The molecule has 9 heteroatoms. The van der Waals surface area contributed by atoms with E-state index in [1.54, 1.807) is 12.1 Å². The molecule has 0 atom stereocenters. The molecule has 7 nitrogen and oxygen atoms in total. The molecule has 0 spiro atoms. The van der Waals surface area contributed by atoms with Gasteiger partial charge in [0.1, 0.15) is 10.8 Å². The van der Waals surface area contributed by atoms with E-state index in [2.05, 4.69) is 15.0 Å². The van der Waals surface area contributed by atoms with E-state index in [0.29, 0.717) is 41.7 Å². The van der Waals surface area contributed by atoms with Gasteiger partial charge in [0, 0.05) is 44.4 Å². The zero-order chi connectivity index (χ0) is 22.8. The van der Waals surface area contributed by atoms with Gasteiger partial charge in [-0.1, -0.05) is 41.7 Å². The first-order valence-electron chi connectivity index (χ1n) is 10.7. The Bertz CT molecular complexity index is 1330. The Labute approximate surface area is 193 Å². The molecule has 5 rings (SSSR count). The Kier molecular flexibility index (Phi) is 5.97. The lowest BCUT2D eigenvalue weighted by atomic mass is 10.1. The summed E-state index contributed by atoms with van der Waals surface area (Å²) in [6, 6.07) is 17.3. The number of halogens is 1. The zero-order valence-corrected chi connectivity index (χ0v) is 18.7. The SMILES string of the molecule is O=C(Cc1ccccc1)N1CCN(Cc2cc(=O)n3nc(-c4ccc(F)cc4)sc3n2)CC1. The second-order valence-electron chi connectivity index (χ2n) is 8.01. The van der Waals surface area contributed by atoms with Gasteiger partial charge < -0.3 is 4.90 Å². The fourth-order valence-electron chi connectivity index (χ4n) is 3.91. The lowest BCUT2D eigenvalue weighted by Crippen LogP contribution is -2.48. The van der Waals surface area contributed by atoms with Gasteiger partial charge in [0.2, 0.25) is 10.9 Å². The Morgan fingerprint density at radius 1 is 1.00 bits per heavy atom. The van der Waals surface area contributed by atoms with Crippen molar-refractivity contribution in [2.45, 2.75) is 13.0 Å². The van der Waals surface area contributed by atoms with E-state index >= 15 is 0 Å². The first-order valence-corrected chi connectivity index (χ1v) is 11.6. The number of hydrogen-bond acceptors (Lipinski definition) is 6. The predicted molar refractivity (Wildman–Crippen MR) is 125 cm³/mol. The van der Waals surface area contributed by atoms with Crippen LogP contribution >= 0.6 is 11.3 Å². The van der Waals surface area contributed by atoms with Gasteiger partial charge in [-0.2, -0.15) is 9.61 Å². The van der Waals surface area contributed by atoms with Gasteiger partial charge in [0.15, 0.2) is 0 Å². The first kappa shape index (κ1) is 21.4. The number of carbonyl (C=O) groups excluding carboxylic acids is 1. The van der Waals surface area contributed by atoms with E-state index in [4.69, 9.17) is 0 Å². The number of carbonyl (C=O) groups is 1. The molecule has 0 aliphatic carbocycles. The summed E-state index contributed by atoms with van der Waals surface area (Å²) in [4.78, 5) is 34.4. The van der Waals surface area contributed by atoms with E-state index in [0.717, 1.165) is 24.2 Å². The Morgan fingerprint density at radius 2 is 1.73 bits per heavy atom. The van der Waals surface area contributed by atoms with Crippen molar-refractivity contribution < 1.29 is 9.18 Å². The van der Waals surface area contributed by atoms with Crippen molar-refractivity contribution in [3.05, 3.63) is 88.1 Å². The smallest absolute Gasteiger partial charge is 0.275 e. The second kappa shape index (κ2) is 9.21. The molecule has 4 aromatic rings. The maximum Gasteiger partial charge on any atom is 0.275 e. The van der Waals surface area contributed by atoms with Crippen LogP contribution in [-0.4, -0.2) is 56.5 Å². The van der Waals surface area contributed by atoms with Crippen LogP contribution in [-0.2, 0) is 17.8 Å². The highest BCUT2D eigenvalue weighted by Crippen LogP contribution is 2.24. The Morgan fingerprint density at radius 3 is 2.45 bits per heavy atom. The van der Waals surface area contributed by atoms with Gasteiger partial charge in [0.25, 0.3) is 5.56 Å². The third kappa shape index (κ3) is 4.84. The van der Waals surface area contributed by atoms with Crippen molar-refractivity contribution in [1.82, 2.24) is 24.4 Å². The average molecular weight is 464 g/mol. The van der Waals surface area contributed by atoms with Gasteiger partial charge in [-0.25, -0.2) is 9.37 Å². The maximum atomic E-state index is 13.2. The van der Waals surface area contributed by atoms with Gasteiger partial charge in [-0.15, -0.1) is 0 Å². The van der Waals surface area contributed by atoms with Crippen LogP contribution in [0.2, 0.25) is 0 Å². The second-order valence-corrected chi connectivity index (χ2v) is 8.97. The summed E-state index contributed by atoms with van der Waals surface area (Å²) >= 11 is 1.30. The summed E-state index contributed by atoms with van der Waals surface area (Å²) in [5.74, 6) is -0.184. The number of fused-ring (bicyclic) bond motifs is 1. The number of rotatable bonds is 5.